The molecular formula is C27H32O8. The van der Waals surface area contributed by atoms with Gasteiger partial charge in [-0.3, -0.25) is 0 Å². The third-order valence-corrected chi connectivity index (χ3v) is 5.26. The van der Waals surface area contributed by atoms with Crippen molar-refractivity contribution in [2.75, 3.05) is 19.8 Å². The molecule has 0 aromatic heterocycles. The van der Waals surface area contributed by atoms with Crippen molar-refractivity contribution in [2.45, 2.75) is 38.3 Å². The van der Waals surface area contributed by atoms with Gasteiger partial charge in [0, 0.05) is 17.6 Å². The SMILES string of the molecule is C=CC(=O)OCC(O)COc1ccc(C(C)(C)c2ccc(COC(O)COC(=O)C=C)cc2)cc1. The first kappa shape index (κ1) is 27.8. The molecule has 2 atom stereocenters. The van der Waals surface area contributed by atoms with E-state index in [4.69, 9.17) is 18.9 Å². The summed E-state index contributed by atoms with van der Waals surface area (Å²) in [4.78, 5) is 22.1. The first-order valence-electron chi connectivity index (χ1n) is 11.0. The van der Waals surface area contributed by atoms with Crippen LogP contribution in [-0.2, 0) is 35.8 Å². The van der Waals surface area contributed by atoms with Crippen molar-refractivity contribution < 1.29 is 38.7 Å². The topological polar surface area (TPSA) is 112 Å². The first-order chi connectivity index (χ1) is 16.6. The summed E-state index contributed by atoms with van der Waals surface area (Å²) >= 11 is 0. The van der Waals surface area contributed by atoms with E-state index in [1.807, 2.05) is 48.5 Å². The molecule has 0 aliphatic rings. The number of aliphatic hydroxyl groups excluding tert-OH is 2. The Morgan fingerprint density at radius 2 is 1.37 bits per heavy atom. The summed E-state index contributed by atoms with van der Waals surface area (Å²) in [5.41, 5.74) is 2.71. The number of carbonyl (C=O) groups is 2. The number of hydrogen-bond acceptors (Lipinski definition) is 8. The lowest BCUT2D eigenvalue weighted by molar-refractivity contribution is -0.164. The van der Waals surface area contributed by atoms with E-state index in [-0.39, 0.29) is 31.8 Å². The van der Waals surface area contributed by atoms with Crippen LogP contribution in [0.2, 0.25) is 0 Å². The lowest BCUT2D eigenvalue weighted by Gasteiger charge is -2.26. The summed E-state index contributed by atoms with van der Waals surface area (Å²) in [7, 11) is 0. The molecular weight excluding hydrogens is 452 g/mol. The van der Waals surface area contributed by atoms with E-state index >= 15 is 0 Å². The van der Waals surface area contributed by atoms with Gasteiger partial charge in [-0.1, -0.05) is 63.4 Å². The van der Waals surface area contributed by atoms with E-state index in [1.54, 1.807) is 0 Å². The van der Waals surface area contributed by atoms with Crippen molar-refractivity contribution >= 4 is 11.9 Å². The predicted octanol–water partition coefficient (Wildman–Crippen LogP) is 3.05. The molecule has 0 radical (unpaired) electrons. The number of benzene rings is 2. The second-order valence-corrected chi connectivity index (χ2v) is 8.25. The number of esters is 2. The molecule has 8 heteroatoms. The Labute approximate surface area is 205 Å². The van der Waals surface area contributed by atoms with Gasteiger partial charge in [-0.2, -0.15) is 0 Å². The van der Waals surface area contributed by atoms with Gasteiger partial charge in [0.25, 0.3) is 0 Å². The molecule has 35 heavy (non-hydrogen) atoms. The van der Waals surface area contributed by atoms with E-state index in [1.165, 1.54) is 0 Å². The zero-order chi connectivity index (χ0) is 25.8. The van der Waals surface area contributed by atoms with Gasteiger partial charge < -0.3 is 29.2 Å². The number of hydrogen-bond donors (Lipinski definition) is 2. The largest absolute Gasteiger partial charge is 0.491 e. The zero-order valence-electron chi connectivity index (χ0n) is 20.0. The van der Waals surface area contributed by atoms with Crippen LogP contribution in [-0.4, -0.2) is 54.4 Å². The smallest absolute Gasteiger partial charge is 0.330 e. The fourth-order valence-electron chi connectivity index (χ4n) is 3.08. The Morgan fingerprint density at radius 1 is 0.857 bits per heavy atom. The van der Waals surface area contributed by atoms with Crippen LogP contribution < -0.4 is 4.74 Å². The Morgan fingerprint density at radius 3 is 1.91 bits per heavy atom. The molecule has 0 aliphatic carbocycles. The quantitative estimate of drug-likeness (QED) is 0.239. The predicted molar refractivity (Wildman–Crippen MR) is 130 cm³/mol. The number of aliphatic hydroxyl groups is 2. The molecule has 0 saturated heterocycles. The van der Waals surface area contributed by atoms with E-state index in [0.717, 1.165) is 28.8 Å². The van der Waals surface area contributed by atoms with Gasteiger partial charge in [0.05, 0.1) is 6.61 Å². The molecule has 0 amide bonds. The Kier molecular flexibility index (Phi) is 10.7. The van der Waals surface area contributed by atoms with E-state index in [9.17, 15) is 19.8 Å². The second-order valence-electron chi connectivity index (χ2n) is 8.25. The number of ether oxygens (including phenoxy) is 4. The van der Waals surface area contributed by atoms with Crippen LogP contribution >= 0.6 is 0 Å². The molecule has 0 aliphatic heterocycles. The molecule has 8 nitrogen and oxygen atoms in total. The molecule has 0 spiro atoms. The normalized spacial score (nSPS) is 12.8. The molecule has 2 N–H and O–H groups in total. The molecule has 0 bridgehead atoms. The van der Waals surface area contributed by atoms with Crippen LogP contribution in [0.25, 0.3) is 0 Å². The third kappa shape index (κ3) is 9.01. The van der Waals surface area contributed by atoms with E-state index < -0.39 is 24.3 Å². The van der Waals surface area contributed by atoms with Crippen molar-refractivity contribution in [3.63, 3.8) is 0 Å². The van der Waals surface area contributed by atoms with Crippen molar-refractivity contribution in [1.82, 2.24) is 0 Å². The van der Waals surface area contributed by atoms with Crippen LogP contribution in [0, 0.1) is 0 Å². The number of rotatable bonds is 14. The maximum atomic E-state index is 11.0. The Hall–Kier alpha value is -3.46. The molecule has 2 aromatic carbocycles. The first-order valence-corrected chi connectivity index (χ1v) is 11.0. The highest BCUT2D eigenvalue weighted by molar-refractivity contribution is 5.81. The van der Waals surface area contributed by atoms with Gasteiger partial charge in [0.15, 0.2) is 6.29 Å². The minimum atomic E-state index is -1.22. The highest BCUT2D eigenvalue weighted by Crippen LogP contribution is 2.32. The van der Waals surface area contributed by atoms with Crippen molar-refractivity contribution in [3.05, 3.63) is 90.5 Å². The van der Waals surface area contributed by atoms with E-state index in [2.05, 4.69) is 27.0 Å². The maximum Gasteiger partial charge on any atom is 0.330 e. The minimum Gasteiger partial charge on any atom is -0.491 e. The average molecular weight is 485 g/mol. The third-order valence-electron chi connectivity index (χ3n) is 5.26. The minimum absolute atomic E-state index is 0.0118. The van der Waals surface area contributed by atoms with Gasteiger partial charge in [-0.25, -0.2) is 9.59 Å². The monoisotopic (exact) mass is 484 g/mol. The van der Waals surface area contributed by atoms with Gasteiger partial charge in [0.1, 0.15) is 31.7 Å². The van der Waals surface area contributed by atoms with Crippen molar-refractivity contribution in [1.29, 1.82) is 0 Å². The Balaban J connectivity index is 1.89. The van der Waals surface area contributed by atoms with Gasteiger partial charge >= 0.3 is 11.9 Å². The van der Waals surface area contributed by atoms with Gasteiger partial charge in [0.2, 0.25) is 0 Å². The lowest BCUT2D eigenvalue weighted by Crippen LogP contribution is -2.24. The van der Waals surface area contributed by atoms with Crippen molar-refractivity contribution in [2.24, 2.45) is 0 Å². The summed E-state index contributed by atoms with van der Waals surface area (Å²) in [6, 6.07) is 15.4. The van der Waals surface area contributed by atoms with Crippen molar-refractivity contribution in [3.8, 4) is 5.75 Å². The zero-order valence-corrected chi connectivity index (χ0v) is 20.0. The molecule has 0 fully saturated rings. The Bertz CT molecular complexity index is 900. The van der Waals surface area contributed by atoms with Crippen LogP contribution in [0.3, 0.4) is 0 Å². The van der Waals surface area contributed by atoms with Gasteiger partial charge in [-0.05, 0) is 28.8 Å². The summed E-state index contributed by atoms with van der Waals surface area (Å²) in [5, 5.41) is 19.6. The highest BCUT2D eigenvalue weighted by atomic mass is 16.6. The fraction of sp³-hybridized carbons (Fsp3) is 0.333. The fourth-order valence-corrected chi connectivity index (χ4v) is 3.08. The molecule has 188 valence electrons. The van der Waals surface area contributed by atoms with Crippen LogP contribution in [0.4, 0.5) is 0 Å². The van der Waals surface area contributed by atoms with Crippen LogP contribution in [0.1, 0.15) is 30.5 Å². The second kappa shape index (κ2) is 13.4. The highest BCUT2D eigenvalue weighted by Gasteiger charge is 2.23. The molecule has 2 unspecified atom stereocenters. The van der Waals surface area contributed by atoms with Crippen LogP contribution in [0.5, 0.6) is 5.75 Å². The number of carbonyl (C=O) groups excluding carboxylic acids is 2. The standard InChI is InChI=1S/C27H32O8/c1-5-24(29)34-17-22(28)16-32-23-13-11-21(12-14-23)27(3,4)20-9-7-19(8-10-20)15-33-26(31)18-35-25(30)6-2/h5-14,22,26,28,31H,1-2,15-18H2,3-4H3. The summed E-state index contributed by atoms with van der Waals surface area (Å²) in [6.45, 7) is 10.5. The summed E-state index contributed by atoms with van der Waals surface area (Å²) < 4.78 is 20.4. The van der Waals surface area contributed by atoms with Crippen LogP contribution in [0.15, 0.2) is 73.8 Å². The summed E-state index contributed by atoms with van der Waals surface area (Å²) in [6.07, 6.45) is -0.114. The van der Waals surface area contributed by atoms with Gasteiger partial charge in [-0.15, -0.1) is 0 Å². The maximum absolute atomic E-state index is 11.0. The summed E-state index contributed by atoms with van der Waals surface area (Å²) in [5.74, 6) is -0.633. The molecule has 0 saturated carbocycles. The van der Waals surface area contributed by atoms with E-state index in [0.29, 0.717) is 5.75 Å². The molecule has 2 rings (SSSR count). The molecule has 2 aromatic rings. The average Bonchev–Trinajstić information content (AvgIpc) is 2.88. The molecule has 0 heterocycles. The lowest BCUT2D eigenvalue weighted by atomic mass is 9.78.